The van der Waals surface area contributed by atoms with E-state index in [1.54, 1.807) is 6.07 Å². The van der Waals surface area contributed by atoms with Crippen LogP contribution >= 0.6 is 0 Å². The van der Waals surface area contributed by atoms with Crippen molar-refractivity contribution in [3.63, 3.8) is 0 Å². The maximum atomic E-state index is 11.2. The second kappa shape index (κ2) is 4.74. The second-order valence-electron chi connectivity index (χ2n) is 5.36. The van der Waals surface area contributed by atoms with E-state index in [0.717, 1.165) is 5.69 Å². The molecule has 0 bridgehead atoms. The van der Waals surface area contributed by atoms with Crippen LogP contribution in [0.5, 0.6) is 0 Å². The molecule has 0 amide bonds. The van der Waals surface area contributed by atoms with Gasteiger partial charge >= 0.3 is 5.69 Å². The third-order valence-corrected chi connectivity index (χ3v) is 3.81. The average Bonchev–Trinajstić information content (AvgIpc) is 3.06. The van der Waals surface area contributed by atoms with Crippen molar-refractivity contribution in [2.75, 3.05) is 18.0 Å². The molecule has 1 saturated heterocycles. The van der Waals surface area contributed by atoms with Crippen LogP contribution in [0.1, 0.15) is 18.5 Å². The number of pyridine rings is 1. The first kappa shape index (κ1) is 13.4. The number of oxime groups is 1. The van der Waals surface area contributed by atoms with Gasteiger partial charge in [0.25, 0.3) is 0 Å². The highest BCUT2D eigenvalue weighted by Gasteiger charge is 2.46. The Hall–Kier alpha value is -2.62. The van der Waals surface area contributed by atoms with Gasteiger partial charge in [0.2, 0.25) is 5.82 Å². The van der Waals surface area contributed by atoms with Crippen molar-refractivity contribution in [2.24, 2.45) is 5.16 Å². The molecule has 2 aliphatic heterocycles. The summed E-state index contributed by atoms with van der Waals surface area (Å²) in [7, 11) is 0. The Morgan fingerprint density at radius 2 is 2.38 bits per heavy atom. The molecule has 7 heteroatoms. The topological polar surface area (TPSA) is 80.9 Å². The van der Waals surface area contributed by atoms with Crippen molar-refractivity contribution in [2.45, 2.75) is 25.4 Å². The number of terminal acetylenes is 1. The van der Waals surface area contributed by atoms with Gasteiger partial charge in [-0.3, -0.25) is 10.1 Å². The van der Waals surface area contributed by atoms with Crippen LogP contribution < -0.4 is 4.90 Å². The first-order valence-electron chi connectivity index (χ1n) is 6.62. The van der Waals surface area contributed by atoms with Gasteiger partial charge in [0, 0.05) is 31.1 Å². The predicted molar refractivity (Wildman–Crippen MR) is 77.2 cm³/mol. The monoisotopic (exact) mass is 286 g/mol. The van der Waals surface area contributed by atoms with Crippen molar-refractivity contribution in [1.82, 2.24) is 4.98 Å². The SMILES string of the molecule is C#CC1=NOC2(CCN(c3nc(C)ccc3[N+](=O)[O-])C2)C1. The maximum absolute atomic E-state index is 11.2. The molecule has 7 nitrogen and oxygen atoms in total. The summed E-state index contributed by atoms with van der Waals surface area (Å²) >= 11 is 0. The zero-order valence-corrected chi connectivity index (χ0v) is 11.6. The lowest BCUT2D eigenvalue weighted by atomic mass is 9.97. The Kier molecular flexibility index (Phi) is 3.01. The molecule has 1 atom stereocenters. The van der Waals surface area contributed by atoms with E-state index >= 15 is 0 Å². The highest BCUT2D eigenvalue weighted by Crippen LogP contribution is 2.38. The molecule has 0 aliphatic carbocycles. The molecule has 1 fully saturated rings. The van der Waals surface area contributed by atoms with Crippen LogP contribution in [0.25, 0.3) is 0 Å². The zero-order valence-electron chi connectivity index (χ0n) is 11.6. The van der Waals surface area contributed by atoms with Gasteiger partial charge in [-0.15, -0.1) is 6.42 Å². The van der Waals surface area contributed by atoms with Crippen LogP contribution in [-0.2, 0) is 4.84 Å². The van der Waals surface area contributed by atoms with E-state index in [0.29, 0.717) is 37.5 Å². The Morgan fingerprint density at radius 1 is 1.57 bits per heavy atom. The molecule has 0 radical (unpaired) electrons. The molecular formula is C14H14N4O3. The van der Waals surface area contributed by atoms with Crippen molar-refractivity contribution in [3.05, 3.63) is 27.9 Å². The smallest absolute Gasteiger partial charge is 0.311 e. The summed E-state index contributed by atoms with van der Waals surface area (Å²) in [6, 6.07) is 3.13. The summed E-state index contributed by atoms with van der Waals surface area (Å²) in [6.07, 6.45) is 6.62. The third-order valence-electron chi connectivity index (χ3n) is 3.81. The maximum Gasteiger partial charge on any atom is 0.311 e. The highest BCUT2D eigenvalue weighted by molar-refractivity contribution is 6.01. The zero-order chi connectivity index (χ0) is 15.0. The van der Waals surface area contributed by atoms with Crippen LogP contribution in [0.15, 0.2) is 17.3 Å². The van der Waals surface area contributed by atoms with Gasteiger partial charge in [0.1, 0.15) is 5.71 Å². The molecule has 1 aromatic heterocycles. The van der Waals surface area contributed by atoms with Crippen molar-refractivity contribution < 1.29 is 9.76 Å². The van der Waals surface area contributed by atoms with E-state index in [4.69, 9.17) is 11.3 Å². The highest BCUT2D eigenvalue weighted by atomic mass is 16.7. The Bertz CT molecular complexity index is 679. The van der Waals surface area contributed by atoms with E-state index in [1.807, 2.05) is 11.8 Å². The number of hydrogen-bond donors (Lipinski definition) is 0. The molecule has 21 heavy (non-hydrogen) atoms. The van der Waals surface area contributed by atoms with Crippen LogP contribution in [0.3, 0.4) is 0 Å². The number of hydrogen-bond acceptors (Lipinski definition) is 6. The Balaban J connectivity index is 1.86. The molecule has 3 heterocycles. The van der Waals surface area contributed by atoms with Gasteiger partial charge in [0.15, 0.2) is 5.60 Å². The quantitative estimate of drug-likeness (QED) is 0.469. The fraction of sp³-hybridized carbons (Fsp3) is 0.429. The van der Waals surface area contributed by atoms with E-state index in [1.165, 1.54) is 6.07 Å². The van der Waals surface area contributed by atoms with Crippen LogP contribution in [0.4, 0.5) is 11.5 Å². The number of nitrogens with zero attached hydrogens (tertiary/aromatic N) is 4. The second-order valence-corrected chi connectivity index (χ2v) is 5.36. The molecule has 0 saturated carbocycles. The summed E-state index contributed by atoms with van der Waals surface area (Å²) in [5, 5.41) is 15.1. The summed E-state index contributed by atoms with van der Waals surface area (Å²) in [6.45, 7) is 2.94. The largest absolute Gasteiger partial charge is 0.386 e. The first-order chi connectivity index (χ1) is 10.0. The molecular weight excluding hydrogens is 272 g/mol. The average molecular weight is 286 g/mol. The number of aromatic nitrogens is 1. The molecule has 0 aromatic carbocycles. The fourth-order valence-corrected chi connectivity index (χ4v) is 2.75. The lowest BCUT2D eigenvalue weighted by Crippen LogP contribution is -2.34. The molecule has 1 spiro atoms. The van der Waals surface area contributed by atoms with Gasteiger partial charge in [-0.25, -0.2) is 4.98 Å². The van der Waals surface area contributed by atoms with Crippen LogP contribution in [-0.4, -0.2) is 34.3 Å². The predicted octanol–water partition coefficient (Wildman–Crippen LogP) is 1.66. The van der Waals surface area contributed by atoms with E-state index in [-0.39, 0.29) is 5.69 Å². The molecule has 2 aliphatic rings. The lowest BCUT2D eigenvalue weighted by molar-refractivity contribution is -0.384. The molecule has 1 aromatic rings. The number of aryl methyl sites for hydroxylation is 1. The lowest BCUT2D eigenvalue weighted by Gasteiger charge is -2.22. The van der Waals surface area contributed by atoms with Gasteiger partial charge in [0.05, 0.1) is 11.5 Å². The van der Waals surface area contributed by atoms with Gasteiger partial charge in [-0.2, -0.15) is 0 Å². The van der Waals surface area contributed by atoms with Gasteiger partial charge in [-0.05, 0) is 13.0 Å². The molecule has 3 rings (SSSR count). The third kappa shape index (κ3) is 2.29. The fourth-order valence-electron chi connectivity index (χ4n) is 2.75. The van der Waals surface area contributed by atoms with E-state index < -0.39 is 10.5 Å². The Labute approximate surface area is 121 Å². The minimum Gasteiger partial charge on any atom is -0.386 e. The minimum absolute atomic E-state index is 0.00809. The molecule has 108 valence electrons. The normalized spacial score (nSPS) is 23.8. The van der Waals surface area contributed by atoms with E-state index in [2.05, 4.69) is 16.1 Å². The standard InChI is InChI=1S/C14H14N4O3/c1-3-11-8-14(21-16-11)6-7-17(9-14)13-12(18(19)20)5-4-10(2)15-13/h1,4-5H,6-9H2,2H3. The van der Waals surface area contributed by atoms with Gasteiger partial charge < -0.3 is 9.74 Å². The van der Waals surface area contributed by atoms with Crippen molar-refractivity contribution in [3.8, 4) is 12.3 Å². The summed E-state index contributed by atoms with van der Waals surface area (Å²) < 4.78 is 0. The summed E-state index contributed by atoms with van der Waals surface area (Å²) in [5.74, 6) is 2.87. The van der Waals surface area contributed by atoms with Crippen molar-refractivity contribution in [1.29, 1.82) is 0 Å². The summed E-state index contributed by atoms with van der Waals surface area (Å²) in [5.41, 5.74) is 0.864. The van der Waals surface area contributed by atoms with Crippen LogP contribution in [0.2, 0.25) is 0 Å². The first-order valence-corrected chi connectivity index (χ1v) is 6.62. The molecule has 0 N–H and O–H groups in total. The van der Waals surface area contributed by atoms with Crippen molar-refractivity contribution >= 4 is 17.2 Å². The number of rotatable bonds is 2. The van der Waals surface area contributed by atoms with Gasteiger partial charge in [-0.1, -0.05) is 11.1 Å². The number of nitro groups is 1. The minimum atomic E-state index is -0.471. The van der Waals surface area contributed by atoms with Crippen LogP contribution in [0, 0.1) is 29.4 Å². The Morgan fingerprint density at radius 3 is 3.05 bits per heavy atom. The molecule has 1 unspecified atom stereocenters. The number of anilines is 1. The van der Waals surface area contributed by atoms with E-state index in [9.17, 15) is 10.1 Å². The summed E-state index contributed by atoms with van der Waals surface area (Å²) in [4.78, 5) is 22.4.